The van der Waals surface area contributed by atoms with Gasteiger partial charge in [0.25, 0.3) is 0 Å². The standard InChI is InChI=1S/C16H24BrN5O/c1-19-16(20-10-12-2-4-13(17)5-3-12)21-14-6-8-22(9-7-14)11-15(18)23/h2-5,14H,6-11H2,1H3,(H2,18,23)(H2,19,20,21). The predicted molar refractivity (Wildman–Crippen MR) is 96.1 cm³/mol. The van der Waals surface area contributed by atoms with Gasteiger partial charge < -0.3 is 16.4 Å². The first-order chi connectivity index (χ1) is 11.1. The smallest absolute Gasteiger partial charge is 0.231 e. The zero-order chi connectivity index (χ0) is 16.7. The normalized spacial score (nSPS) is 17.0. The third-order valence-corrected chi connectivity index (χ3v) is 4.43. The van der Waals surface area contributed by atoms with Crippen molar-refractivity contribution in [3.63, 3.8) is 0 Å². The molecule has 4 N–H and O–H groups in total. The largest absolute Gasteiger partial charge is 0.369 e. The van der Waals surface area contributed by atoms with Crippen molar-refractivity contribution in [3.8, 4) is 0 Å². The van der Waals surface area contributed by atoms with E-state index >= 15 is 0 Å². The van der Waals surface area contributed by atoms with Crippen LogP contribution in [-0.2, 0) is 11.3 Å². The first-order valence-electron chi connectivity index (χ1n) is 7.79. The van der Waals surface area contributed by atoms with Gasteiger partial charge in [-0.1, -0.05) is 28.1 Å². The maximum atomic E-state index is 10.9. The molecule has 126 valence electrons. The molecule has 1 aliphatic rings. The summed E-state index contributed by atoms with van der Waals surface area (Å²) in [5.41, 5.74) is 6.44. The van der Waals surface area contributed by atoms with Crippen LogP contribution in [0.5, 0.6) is 0 Å². The van der Waals surface area contributed by atoms with Gasteiger partial charge in [-0.15, -0.1) is 0 Å². The van der Waals surface area contributed by atoms with E-state index in [0.717, 1.165) is 42.9 Å². The molecule has 0 unspecified atom stereocenters. The minimum atomic E-state index is -0.261. The minimum absolute atomic E-state index is 0.261. The predicted octanol–water partition coefficient (Wildman–Crippen LogP) is 1.06. The van der Waals surface area contributed by atoms with Crippen molar-refractivity contribution in [1.29, 1.82) is 0 Å². The molecule has 1 aliphatic heterocycles. The van der Waals surface area contributed by atoms with Crippen molar-refractivity contribution in [2.75, 3.05) is 26.7 Å². The second kappa shape index (κ2) is 8.88. The summed E-state index contributed by atoms with van der Waals surface area (Å²) in [6.45, 7) is 2.84. The van der Waals surface area contributed by atoms with Crippen LogP contribution in [-0.4, -0.2) is 49.5 Å². The quantitative estimate of drug-likeness (QED) is 0.526. The Labute approximate surface area is 145 Å². The van der Waals surface area contributed by atoms with Gasteiger partial charge in [0.2, 0.25) is 5.91 Å². The average molecular weight is 382 g/mol. The van der Waals surface area contributed by atoms with E-state index in [1.165, 1.54) is 5.56 Å². The van der Waals surface area contributed by atoms with E-state index in [-0.39, 0.29) is 5.91 Å². The number of aliphatic imine (C=N–C) groups is 1. The molecule has 7 heteroatoms. The SMILES string of the molecule is CN=C(NCc1ccc(Br)cc1)NC1CCN(CC(N)=O)CC1. The molecule has 0 radical (unpaired) electrons. The van der Waals surface area contributed by atoms with Crippen molar-refractivity contribution in [1.82, 2.24) is 15.5 Å². The Morgan fingerprint density at radius 2 is 2.00 bits per heavy atom. The van der Waals surface area contributed by atoms with Crippen molar-refractivity contribution in [3.05, 3.63) is 34.3 Å². The molecule has 0 aliphatic carbocycles. The number of rotatable bonds is 5. The van der Waals surface area contributed by atoms with Crippen LogP contribution in [0.3, 0.4) is 0 Å². The molecule has 0 aromatic heterocycles. The van der Waals surface area contributed by atoms with Gasteiger partial charge in [0.1, 0.15) is 0 Å². The molecule has 23 heavy (non-hydrogen) atoms. The highest BCUT2D eigenvalue weighted by Crippen LogP contribution is 2.11. The Morgan fingerprint density at radius 1 is 1.35 bits per heavy atom. The number of carbonyl (C=O) groups is 1. The highest BCUT2D eigenvalue weighted by Gasteiger charge is 2.20. The summed E-state index contributed by atoms with van der Waals surface area (Å²) >= 11 is 3.44. The molecule has 1 saturated heterocycles. The molecule has 0 bridgehead atoms. The monoisotopic (exact) mass is 381 g/mol. The third kappa shape index (κ3) is 6.19. The minimum Gasteiger partial charge on any atom is -0.369 e. The van der Waals surface area contributed by atoms with Gasteiger partial charge >= 0.3 is 0 Å². The van der Waals surface area contributed by atoms with Gasteiger partial charge in [-0.25, -0.2) is 0 Å². The number of primary amides is 1. The van der Waals surface area contributed by atoms with Crippen molar-refractivity contribution >= 4 is 27.8 Å². The molecule has 6 nitrogen and oxygen atoms in total. The fourth-order valence-electron chi connectivity index (χ4n) is 2.63. The number of hydrogen-bond donors (Lipinski definition) is 3. The zero-order valence-corrected chi connectivity index (χ0v) is 15.0. The molecule has 1 aromatic carbocycles. The molecule has 1 aromatic rings. The molecule has 1 fully saturated rings. The molecule has 1 heterocycles. The summed E-state index contributed by atoms with van der Waals surface area (Å²) < 4.78 is 1.08. The fraction of sp³-hybridized carbons (Fsp3) is 0.500. The summed E-state index contributed by atoms with van der Waals surface area (Å²) in [5, 5.41) is 6.78. The molecule has 0 saturated carbocycles. The van der Waals surface area contributed by atoms with Crippen LogP contribution in [0, 0.1) is 0 Å². The number of likely N-dealkylation sites (tertiary alicyclic amines) is 1. The number of guanidine groups is 1. The molecule has 1 amide bonds. The Hall–Kier alpha value is -1.60. The Bertz CT molecular complexity index is 538. The van der Waals surface area contributed by atoms with E-state index < -0.39 is 0 Å². The number of halogens is 1. The highest BCUT2D eigenvalue weighted by atomic mass is 79.9. The van der Waals surface area contributed by atoms with Crippen LogP contribution in [0.25, 0.3) is 0 Å². The second-order valence-electron chi connectivity index (χ2n) is 5.71. The number of carbonyl (C=O) groups excluding carboxylic acids is 1. The van der Waals surface area contributed by atoms with E-state index in [1.807, 2.05) is 12.1 Å². The molecule has 0 atom stereocenters. The summed E-state index contributed by atoms with van der Waals surface area (Å²) in [4.78, 5) is 17.3. The van der Waals surface area contributed by atoms with Crippen molar-refractivity contribution < 1.29 is 4.79 Å². The summed E-state index contributed by atoms with van der Waals surface area (Å²) in [6.07, 6.45) is 1.96. The number of nitrogens with zero attached hydrogens (tertiary/aromatic N) is 2. The maximum absolute atomic E-state index is 10.9. The number of amides is 1. The van der Waals surface area contributed by atoms with Crippen LogP contribution in [0.2, 0.25) is 0 Å². The van der Waals surface area contributed by atoms with Crippen molar-refractivity contribution in [2.24, 2.45) is 10.7 Å². The lowest BCUT2D eigenvalue weighted by Crippen LogP contribution is -2.49. The number of benzene rings is 1. The second-order valence-corrected chi connectivity index (χ2v) is 6.63. The molecular formula is C16H24BrN5O. The van der Waals surface area contributed by atoms with E-state index in [1.54, 1.807) is 7.05 Å². The van der Waals surface area contributed by atoms with E-state index in [0.29, 0.717) is 12.6 Å². The molecule has 0 spiro atoms. The van der Waals surface area contributed by atoms with Crippen molar-refractivity contribution in [2.45, 2.75) is 25.4 Å². The van der Waals surface area contributed by atoms with Crippen LogP contribution in [0.15, 0.2) is 33.7 Å². The van der Waals surface area contributed by atoms with Crippen LogP contribution in [0.1, 0.15) is 18.4 Å². The Balaban J connectivity index is 1.75. The van der Waals surface area contributed by atoms with Gasteiger partial charge in [0, 0.05) is 37.2 Å². The Morgan fingerprint density at radius 3 is 2.57 bits per heavy atom. The van der Waals surface area contributed by atoms with E-state index in [9.17, 15) is 4.79 Å². The van der Waals surface area contributed by atoms with Crippen LogP contribution < -0.4 is 16.4 Å². The van der Waals surface area contributed by atoms with Crippen LogP contribution >= 0.6 is 15.9 Å². The molecule has 2 rings (SSSR count). The first kappa shape index (κ1) is 17.7. The number of nitrogens with one attached hydrogen (secondary N) is 2. The van der Waals surface area contributed by atoms with Gasteiger partial charge in [-0.2, -0.15) is 0 Å². The third-order valence-electron chi connectivity index (χ3n) is 3.90. The summed E-state index contributed by atoms with van der Waals surface area (Å²) in [5.74, 6) is 0.546. The van der Waals surface area contributed by atoms with Gasteiger partial charge in [0.15, 0.2) is 5.96 Å². The summed E-state index contributed by atoms with van der Waals surface area (Å²) in [6, 6.07) is 8.58. The molecular weight excluding hydrogens is 358 g/mol. The topological polar surface area (TPSA) is 82.8 Å². The first-order valence-corrected chi connectivity index (χ1v) is 8.58. The number of piperidine rings is 1. The lowest BCUT2D eigenvalue weighted by atomic mass is 10.1. The van der Waals surface area contributed by atoms with Gasteiger partial charge in [-0.3, -0.25) is 14.7 Å². The van der Waals surface area contributed by atoms with Crippen LogP contribution in [0.4, 0.5) is 0 Å². The number of hydrogen-bond acceptors (Lipinski definition) is 3. The fourth-order valence-corrected chi connectivity index (χ4v) is 2.90. The maximum Gasteiger partial charge on any atom is 0.231 e. The van der Waals surface area contributed by atoms with E-state index in [4.69, 9.17) is 5.73 Å². The zero-order valence-electron chi connectivity index (χ0n) is 13.4. The average Bonchev–Trinajstić information content (AvgIpc) is 2.54. The Kier molecular flexibility index (Phi) is 6.85. The number of nitrogens with two attached hydrogens (primary N) is 1. The van der Waals surface area contributed by atoms with Gasteiger partial charge in [0.05, 0.1) is 6.54 Å². The van der Waals surface area contributed by atoms with E-state index in [2.05, 4.69) is 48.6 Å². The highest BCUT2D eigenvalue weighted by molar-refractivity contribution is 9.10. The lowest BCUT2D eigenvalue weighted by Gasteiger charge is -2.32. The van der Waals surface area contributed by atoms with Gasteiger partial charge in [-0.05, 0) is 30.5 Å². The summed E-state index contributed by atoms with van der Waals surface area (Å²) in [7, 11) is 1.78. The lowest BCUT2D eigenvalue weighted by molar-refractivity contribution is -0.119.